The molecular formula is C22H18N6O4S. The maximum absolute atomic E-state index is 12.9. The number of carbonyl (C=O) groups excluding carboxylic acids is 1. The number of azo groups is 1. The van der Waals surface area contributed by atoms with E-state index >= 15 is 0 Å². The zero-order chi connectivity index (χ0) is 23.4. The summed E-state index contributed by atoms with van der Waals surface area (Å²) in [5, 5.41) is 21.1. The van der Waals surface area contributed by atoms with Crippen molar-refractivity contribution in [2.75, 3.05) is 6.61 Å². The monoisotopic (exact) mass is 462 g/mol. The highest BCUT2D eigenvalue weighted by Crippen LogP contribution is 2.35. The lowest BCUT2D eigenvalue weighted by Crippen LogP contribution is -2.17. The van der Waals surface area contributed by atoms with Crippen molar-refractivity contribution < 1.29 is 14.6 Å². The van der Waals surface area contributed by atoms with Crippen LogP contribution in [0, 0.1) is 0 Å². The molecule has 2 aromatic carbocycles. The van der Waals surface area contributed by atoms with Crippen molar-refractivity contribution in [1.82, 2.24) is 14.8 Å². The van der Waals surface area contributed by atoms with Crippen molar-refractivity contribution >= 4 is 46.1 Å². The predicted molar refractivity (Wildman–Crippen MR) is 127 cm³/mol. The Bertz CT molecular complexity index is 1450. The molecule has 0 amide bonds. The number of ether oxygens (including phenoxy) is 1. The highest BCUT2D eigenvalue weighted by atomic mass is 32.1. The molecule has 0 radical (unpaired) electrons. The largest absolute Gasteiger partial charge is 0.493 e. The lowest BCUT2D eigenvalue weighted by Gasteiger charge is -2.01. The molecule has 0 aliphatic carbocycles. The van der Waals surface area contributed by atoms with Crippen LogP contribution in [0.5, 0.6) is 5.88 Å². The summed E-state index contributed by atoms with van der Waals surface area (Å²) < 4.78 is 6.25. The first-order valence-corrected chi connectivity index (χ1v) is 10.3. The van der Waals surface area contributed by atoms with E-state index in [1.54, 1.807) is 55.5 Å². The number of rotatable bonds is 5. The molecule has 0 saturated heterocycles. The summed E-state index contributed by atoms with van der Waals surface area (Å²) in [5.74, 6) is -0.866. The van der Waals surface area contributed by atoms with Crippen LogP contribution >= 0.6 is 12.2 Å². The molecule has 0 aliphatic rings. The zero-order valence-electron chi connectivity index (χ0n) is 17.3. The third-order valence-corrected chi connectivity index (χ3v) is 4.81. The van der Waals surface area contributed by atoms with E-state index in [0.29, 0.717) is 16.6 Å². The number of thiocarbonyl (C=S) groups is 1. The number of aliphatic imine (C=N–C) groups is 1. The van der Waals surface area contributed by atoms with Crippen LogP contribution in [0.3, 0.4) is 0 Å². The Morgan fingerprint density at radius 1 is 1.18 bits per heavy atom. The molecule has 0 unspecified atom stereocenters. The Labute approximate surface area is 192 Å². The summed E-state index contributed by atoms with van der Waals surface area (Å²) in [6.07, 6.45) is 1.14. The first kappa shape index (κ1) is 21.8. The molecule has 2 aromatic heterocycles. The molecular weight excluding hydrogens is 444 g/mol. The zero-order valence-corrected chi connectivity index (χ0v) is 18.2. The number of aromatic amines is 2. The van der Waals surface area contributed by atoms with Gasteiger partial charge in [0.05, 0.1) is 23.4 Å². The maximum atomic E-state index is 12.9. The maximum Gasteiger partial charge on any atom is 0.357 e. The van der Waals surface area contributed by atoms with Crippen molar-refractivity contribution in [2.24, 2.45) is 15.2 Å². The molecule has 0 spiro atoms. The number of aromatic nitrogens is 3. The van der Waals surface area contributed by atoms with Gasteiger partial charge in [-0.3, -0.25) is 9.89 Å². The SMILES string of the molecule is CCOC(=O)c1[nH]n(-c2ccccc2)c(=O)c1/C=N/C(=S)N=Nc1c(O)[nH]c2ccccc12. The minimum absolute atomic E-state index is 0.0372. The summed E-state index contributed by atoms with van der Waals surface area (Å²) >= 11 is 5.11. The molecule has 10 nitrogen and oxygen atoms in total. The number of aromatic hydroxyl groups is 1. The van der Waals surface area contributed by atoms with Crippen LogP contribution in [0.1, 0.15) is 23.0 Å². The fourth-order valence-electron chi connectivity index (χ4n) is 3.14. The number of esters is 1. The first-order chi connectivity index (χ1) is 16.0. The molecule has 0 bridgehead atoms. The Hall–Kier alpha value is -4.38. The Morgan fingerprint density at radius 2 is 1.91 bits per heavy atom. The molecule has 166 valence electrons. The highest BCUT2D eigenvalue weighted by Gasteiger charge is 2.21. The van der Waals surface area contributed by atoms with Crippen LogP contribution in [0.2, 0.25) is 0 Å². The molecule has 2 heterocycles. The summed E-state index contributed by atoms with van der Waals surface area (Å²) in [7, 11) is 0. The van der Waals surface area contributed by atoms with E-state index in [9.17, 15) is 14.7 Å². The van der Waals surface area contributed by atoms with Gasteiger partial charge < -0.3 is 14.8 Å². The lowest BCUT2D eigenvalue weighted by atomic mass is 10.2. The van der Waals surface area contributed by atoms with Crippen molar-refractivity contribution in [2.45, 2.75) is 6.92 Å². The molecule has 11 heteroatoms. The van der Waals surface area contributed by atoms with Crippen molar-refractivity contribution in [3.05, 3.63) is 76.2 Å². The summed E-state index contributed by atoms with van der Waals surface area (Å²) in [6, 6.07) is 15.9. The van der Waals surface area contributed by atoms with E-state index < -0.39 is 11.5 Å². The van der Waals surface area contributed by atoms with Gasteiger partial charge in [0.2, 0.25) is 11.0 Å². The quantitative estimate of drug-likeness (QED) is 0.178. The summed E-state index contributed by atoms with van der Waals surface area (Å²) in [6.45, 7) is 1.79. The average Bonchev–Trinajstić information content (AvgIpc) is 3.32. The van der Waals surface area contributed by atoms with Gasteiger partial charge in [-0.05, 0) is 37.3 Å². The van der Waals surface area contributed by atoms with E-state index in [1.807, 2.05) is 6.07 Å². The Kier molecular flexibility index (Phi) is 6.22. The molecule has 0 aliphatic heterocycles. The first-order valence-electron chi connectivity index (χ1n) is 9.86. The standard InChI is InChI=1S/C22H18N6O4S/c1-2-32-21(31)18-15(20(30)28(27-18)13-8-4-3-5-9-13)12-23-22(33)26-25-17-14-10-6-7-11-16(14)24-19(17)29/h3-12,24,27,29H,2H2,1H3/b23-12+,26-25?. The van der Waals surface area contributed by atoms with Gasteiger partial charge in [-0.2, -0.15) is 0 Å². The van der Waals surface area contributed by atoms with Crippen LogP contribution in [0.4, 0.5) is 5.69 Å². The normalized spacial score (nSPS) is 11.5. The van der Waals surface area contributed by atoms with Crippen molar-refractivity contribution in [3.63, 3.8) is 0 Å². The van der Waals surface area contributed by atoms with Crippen LogP contribution < -0.4 is 5.56 Å². The van der Waals surface area contributed by atoms with Crippen LogP contribution in [0.15, 0.2) is 74.6 Å². The van der Waals surface area contributed by atoms with Gasteiger partial charge in [-0.1, -0.05) is 36.4 Å². The third kappa shape index (κ3) is 4.48. The predicted octanol–water partition coefficient (Wildman–Crippen LogP) is 4.02. The van der Waals surface area contributed by atoms with E-state index in [0.717, 1.165) is 6.21 Å². The van der Waals surface area contributed by atoms with Crippen molar-refractivity contribution in [3.8, 4) is 11.6 Å². The number of para-hydroxylation sites is 2. The van der Waals surface area contributed by atoms with Gasteiger partial charge in [0, 0.05) is 11.6 Å². The fraction of sp³-hybridized carbons (Fsp3) is 0.0909. The Morgan fingerprint density at radius 3 is 2.67 bits per heavy atom. The van der Waals surface area contributed by atoms with Gasteiger partial charge in [-0.15, -0.1) is 10.2 Å². The van der Waals surface area contributed by atoms with Crippen molar-refractivity contribution in [1.29, 1.82) is 0 Å². The molecule has 4 rings (SSSR count). The highest BCUT2D eigenvalue weighted by molar-refractivity contribution is 7.80. The minimum Gasteiger partial charge on any atom is -0.493 e. The number of fused-ring (bicyclic) bond motifs is 1. The number of nitrogens with one attached hydrogen (secondary N) is 2. The van der Waals surface area contributed by atoms with Crippen LogP contribution in [0.25, 0.3) is 16.6 Å². The second-order valence-corrected chi connectivity index (χ2v) is 7.07. The molecule has 0 atom stereocenters. The van der Waals surface area contributed by atoms with E-state index in [-0.39, 0.29) is 34.5 Å². The number of hydrogen-bond acceptors (Lipinski definition) is 6. The van der Waals surface area contributed by atoms with E-state index in [1.165, 1.54) is 4.68 Å². The molecule has 33 heavy (non-hydrogen) atoms. The number of nitrogens with zero attached hydrogens (tertiary/aromatic N) is 4. The molecule has 0 fully saturated rings. The van der Waals surface area contributed by atoms with Gasteiger partial charge in [0.1, 0.15) is 0 Å². The van der Waals surface area contributed by atoms with Crippen LogP contribution in [-0.4, -0.2) is 43.8 Å². The second-order valence-electron chi connectivity index (χ2n) is 6.71. The number of H-pyrrole nitrogens is 2. The number of carbonyl (C=O) groups is 1. The van der Waals surface area contributed by atoms with Gasteiger partial charge >= 0.3 is 5.97 Å². The number of hydrogen-bond donors (Lipinski definition) is 3. The van der Waals surface area contributed by atoms with Gasteiger partial charge in [-0.25, -0.2) is 14.5 Å². The van der Waals surface area contributed by atoms with Gasteiger partial charge in [0.25, 0.3) is 5.56 Å². The smallest absolute Gasteiger partial charge is 0.357 e. The van der Waals surface area contributed by atoms with Gasteiger partial charge in [0.15, 0.2) is 11.4 Å². The Balaban J connectivity index is 1.65. The average molecular weight is 462 g/mol. The topological polar surface area (TPSA) is 137 Å². The van der Waals surface area contributed by atoms with E-state index in [2.05, 4.69) is 25.3 Å². The summed E-state index contributed by atoms with van der Waals surface area (Å²) in [5.41, 5.74) is 0.815. The second kappa shape index (κ2) is 9.40. The molecule has 3 N–H and O–H groups in total. The minimum atomic E-state index is -0.706. The molecule has 4 aromatic rings. The number of benzene rings is 2. The van der Waals surface area contributed by atoms with E-state index in [4.69, 9.17) is 17.0 Å². The molecule has 0 saturated carbocycles. The lowest BCUT2D eigenvalue weighted by molar-refractivity contribution is 0.0519. The van der Waals surface area contributed by atoms with Crippen LogP contribution in [-0.2, 0) is 4.74 Å². The third-order valence-electron chi connectivity index (χ3n) is 4.62. The summed E-state index contributed by atoms with van der Waals surface area (Å²) in [4.78, 5) is 32.1. The fourth-order valence-corrected chi connectivity index (χ4v) is 3.23.